The van der Waals surface area contributed by atoms with Crippen LogP contribution in [0.2, 0.25) is 0 Å². The Morgan fingerprint density at radius 1 is 0.528 bits per heavy atom. The van der Waals surface area contributed by atoms with Crippen LogP contribution in [0.3, 0.4) is 0 Å². The van der Waals surface area contributed by atoms with Crippen LogP contribution in [0, 0.1) is 0 Å². The minimum atomic E-state index is -1.24. The molecule has 1 aliphatic carbocycles. The summed E-state index contributed by atoms with van der Waals surface area (Å²) < 4.78 is 24.8. The van der Waals surface area contributed by atoms with Crippen molar-refractivity contribution in [3.63, 3.8) is 0 Å². The van der Waals surface area contributed by atoms with Crippen molar-refractivity contribution < 1.29 is 29.2 Å². The van der Waals surface area contributed by atoms with Crippen molar-refractivity contribution in [2.75, 3.05) is 6.61 Å². The van der Waals surface area contributed by atoms with Gasteiger partial charge in [0.1, 0.15) is 36.6 Å². The van der Waals surface area contributed by atoms with Crippen LogP contribution in [0.25, 0.3) is 0 Å². The molecule has 0 saturated heterocycles. The molecule has 0 aromatic heterocycles. The van der Waals surface area contributed by atoms with Crippen LogP contribution in [0.15, 0.2) is 104 Å². The second-order valence-corrected chi connectivity index (χ2v) is 8.85. The van der Waals surface area contributed by atoms with Gasteiger partial charge < -0.3 is 29.2 Å². The fraction of sp³-hybridized carbons (Fsp3) is 0.333. The molecule has 36 heavy (non-hydrogen) atoms. The summed E-state index contributed by atoms with van der Waals surface area (Å²) in [4.78, 5) is 0. The Morgan fingerprint density at radius 3 is 1.22 bits per heavy atom. The minimum Gasteiger partial charge on any atom is -0.387 e. The third kappa shape index (κ3) is 6.89. The summed E-state index contributed by atoms with van der Waals surface area (Å²) in [7, 11) is 0. The van der Waals surface area contributed by atoms with Crippen LogP contribution in [0.4, 0.5) is 0 Å². The van der Waals surface area contributed by atoms with Gasteiger partial charge in [-0.3, -0.25) is 0 Å². The van der Waals surface area contributed by atoms with Crippen LogP contribution in [-0.4, -0.2) is 53.4 Å². The van der Waals surface area contributed by atoms with E-state index in [1.165, 1.54) is 0 Å². The molecule has 1 fully saturated rings. The monoisotopic (exact) mass is 490 g/mol. The van der Waals surface area contributed by atoms with E-state index in [0.29, 0.717) is 13.2 Å². The molecule has 0 unspecified atom stereocenters. The zero-order chi connectivity index (χ0) is 25.2. The molecule has 4 rings (SSSR count). The first kappa shape index (κ1) is 26.2. The molecule has 6 heteroatoms. The van der Waals surface area contributed by atoms with E-state index in [2.05, 4.69) is 6.58 Å². The van der Waals surface area contributed by atoms with Crippen LogP contribution >= 0.6 is 0 Å². The average Bonchev–Trinajstić information content (AvgIpc) is 2.93. The van der Waals surface area contributed by atoms with Gasteiger partial charge in [-0.05, 0) is 16.7 Å². The first-order valence-corrected chi connectivity index (χ1v) is 12.2. The van der Waals surface area contributed by atoms with Gasteiger partial charge in [-0.15, -0.1) is 6.58 Å². The Balaban J connectivity index is 1.60. The predicted octanol–water partition coefficient (Wildman–Crippen LogP) is 4.05. The Hall–Kier alpha value is -2.84. The van der Waals surface area contributed by atoms with Gasteiger partial charge in [0.25, 0.3) is 0 Å². The second-order valence-electron chi connectivity index (χ2n) is 8.85. The van der Waals surface area contributed by atoms with Gasteiger partial charge in [-0.2, -0.15) is 0 Å². The first-order valence-electron chi connectivity index (χ1n) is 12.2. The molecule has 190 valence electrons. The highest BCUT2D eigenvalue weighted by molar-refractivity contribution is 5.16. The standard InChI is InChI=1S/C30H34O6/c1-2-18-33-27-25(31)26(32)28(34-19-22-12-6-3-7-13-22)30(36-21-24-16-10-5-11-17-24)29(27)35-20-23-14-8-4-9-15-23/h2-17,25-32H,1,18-21H2/t25-,26+,27+,28+,29-,30-/m1/s1. The van der Waals surface area contributed by atoms with E-state index in [1.807, 2.05) is 91.0 Å². The molecule has 0 aliphatic heterocycles. The van der Waals surface area contributed by atoms with Gasteiger partial charge in [0.2, 0.25) is 0 Å². The van der Waals surface area contributed by atoms with Crippen LogP contribution < -0.4 is 0 Å². The number of rotatable bonds is 12. The van der Waals surface area contributed by atoms with Gasteiger partial charge in [0.05, 0.1) is 26.4 Å². The quantitative estimate of drug-likeness (QED) is 0.373. The van der Waals surface area contributed by atoms with Crippen molar-refractivity contribution in [2.24, 2.45) is 0 Å². The molecule has 6 atom stereocenters. The Morgan fingerprint density at radius 2 is 0.861 bits per heavy atom. The molecule has 0 amide bonds. The predicted molar refractivity (Wildman–Crippen MR) is 137 cm³/mol. The lowest BCUT2D eigenvalue weighted by molar-refractivity contribution is -0.270. The topological polar surface area (TPSA) is 77.4 Å². The van der Waals surface area contributed by atoms with Gasteiger partial charge >= 0.3 is 0 Å². The van der Waals surface area contributed by atoms with E-state index >= 15 is 0 Å². The van der Waals surface area contributed by atoms with Crippen molar-refractivity contribution in [1.82, 2.24) is 0 Å². The third-order valence-corrected chi connectivity index (χ3v) is 6.26. The van der Waals surface area contributed by atoms with Gasteiger partial charge in [-0.1, -0.05) is 97.1 Å². The highest BCUT2D eigenvalue weighted by atomic mass is 16.6. The maximum atomic E-state index is 11.1. The molecule has 0 bridgehead atoms. The lowest BCUT2D eigenvalue weighted by Gasteiger charge is -2.47. The summed E-state index contributed by atoms with van der Waals surface area (Å²) in [5.74, 6) is 0. The van der Waals surface area contributed by atoms with E-state index in [0.717, 1.165) is 16.7 Å². The summed E-state index contributed by atoms with van der Waals surface area (Å²) >= 11 is 0. The maximum Gasteiger partial charge on any atom is 0.116 e. The SMILES string of the molecule is C=CCO[C@H]1[C@H](O)[C@H](O)[C@H](OCc2ccccc2)[C@@H](OCc2ccccc2)[C@@H]1OCc1ccccc1. The molecular weight excluding hydrogens is 456 g/mol. The van der Waals surface area contributed by atoms with E-state index in [-0.39, 0.29) is 13.2 Å². The molecule has 2 N–H and O–H groups in total. The molecule has 3 aromatic carbocycles. The van der Waals surface area contributed by atoms with E-state index in [1.54, 1.807) is 6.08 Å². The number of aliphatic hydroxyl groups excluding tert-OH is 2. The first-order chi connectivity index (χ1) is 17.7. The highest BCUT2D eigenvalue weighted by Gasteiger charge is 2.52. The average molecular weight is 491 g/mol. The third-order valence-electron chi connectivity index (χ3n) is 6.26. The van der Waals surface area contributed by atoms with Crippen molar-refractivity contribution in [2.45, 2.75) is 56.4 Å². The van der Waals surface area contributed by atoms with Crippen molar-refractivity contribution >= 4 is 0 Å². The number of ether oxygens (including phenoxy) is 4. The summed E-state index contributed by atoms with van der Waals surface area (Å²) in [6.45, 7) is 4.75. The highest BCUT2D eigenvalue weighted by Crippen LogP contribution is 2.32. The van der Waals surface area contributed by atoms with Crippen LogP contribution in [0.1, 0.15) is 16.7 Å². The number of benzene rings is 3. The molecular formula is C30H34O6. The molecule has 1 aliphatic rings. The smallest absolute Gasteiger partial charge is 0.116 e. The van der Waals surface area contributed by atoms with Gasteiger partial charge in [-0.25, -0.2) is 0 Å². The molecule has 3 aromatic rings. The van der Waals surface area contributed by atoms with Crippen LogP contribution in [-0.2, 0) is 38.8 Å². The maximum absolute atomic E-state index is 11.1. The Kier molecular flexibility index (Phi) is 9.81. The van der Waals surface area contributed by atoms with Gasteiger partial charge in [0, 0.05) is 0 Å². The van der Waals surface area contributed by atoms with Crippen molar-refractivity contribution in [3.8, 4) is 0 Å². The Labute approximate surface area is 212 Å². The zero-order valence-corrected chi connectivity index (χ0v) is 20.3. The minimum absolute atomic E-state index is 0.195. The largest absolute Gasteiger partial charge is 0.387 e. The van der Waals surface area contributed by atoms with E-state index in [9.17, 15) is 10.2 Å². The molecule has 0 spiro atoms. The van der Waals surface area contributed by atoms with Crippen molar-refractivity contribution in [3.05, 3.63) is 120 Å². The number of hydrogen-bond acceptors (Lipinski definition) is 6. The number of hydrogen-bond donors (Lipinski definition) is 2. The molecule has 1 saturated carbocycles. The lowest BCUT2D eigenvalue weighted by Crippen LogP contribution is -2.66. The molecule has 6 nitrogen and oxygen atoms in total. The zero-order valence-electron chi connectivity index (χ0n) is 20.3. The number of aliphatic hydroxyl groups is 2. The normalized spacial score (nSPS) is 25.9. The van der Waals surface area contributed by atoms with E-state index < -0.39 is 36.6 Å². The fourth-order valence-electron chi connectivity index (χ4n) is 4.40. The summed E-state index contributed by atoms with van der Waals surface area (Å²) in [6, 6.07) is 29.2. The summed E-state index contributed by atoms with van der Waals surface area (Å²) in [6.07, 6.45) is -3.94. The van der Waals surface area contributed by atoms with Crippen molar-refractivity contribution in [1.29, 1.82) is 0 Å². The summed E-state index contributed by atoms with van der Waals surface area (Å²) in [5, 5.41) is 22.2. The molecule has 0 radical (unpaired) electrons. The second kappa shape index (κ2) is 13.5. The summed E-state index contributed by atoms with van der Waals surface area (Å²) in [5.41, 5.74) is 2.90. The van der Waals surface area contributed by atoms with E-state index in [4.69, 9.17) is 18.9 Å². The lowest BCUT2D eigenvalue weighted by atomic mass is 9.84. The Bertz CT molecular complexity index is 1030. The van der Waals surface area contributed by atoms with Gasteiger partial charge in [0.15, 0.2) is 0 Å². The molecule has 0 heterocycles. The fourth-order valence-corrected chi connectivity index (χ4v) is 4.40. The van der Waals surface area contributed by atoms with Crippen LogP contribution in [0.5, 0.6) is 0 Å².